The van der Waals surface area contributed by atoms with Crippen LogP contribution in [0.15, 0.2) is 50.1 Å². The van der Waals surface area contributed by atoms with Crippen molar-refractivity contribution in [3.63, 3.8) is 0 Å². The Morgan fingerprint density at radius 3 is 1.93 bits per heavy atom. The molecule has 0 unspecified atom stereocenters. The third-order valence-corrected chi connectivity index (χ3v) is 4.25. The maximum Gasteiger partial charge on any atom is 0.365 e. The van der Waals surface area contributed by atoms with Gasteiger partial charge in [0, 0.05) is 22.6 Å². The number of aromatic nitrogens is 4. The molecule has 0 spiro atoms. The molecule has 0 saturated heterocycles. The monoisotopic (exact) mass is 582 g/mol. The van der Waals surface area contributed by atoms with Gasteiger partial charge in [-0.05, 0) is 90.3 Å². The van der Waals surface area contributed by atoms with Crippen LogP contribution < -0.4 is 5.69 Å². The number of nitrogens with one attached hydrogen (secondary N) is 1. The minimum absolute atomic E-state index is 0.271. The predicted octanol–water partition coefficient (Wildman–Crippen LogP) is 5.78. The average Bonchev–Trinajstić information content (AvgIpc) is 2.99. The number of halogens is 5. The van der Waals surface area contributed by atoms with Gasteiger partial charge in [-0.2, -0.15) is 4.68 Å². The smallest absolute Gasteiger partial charge is 0.276 e. The van der Waals surface area contributed by atoms with Crippen molar-refractivity contribution in [3.8, 4) is 5.69 Å². The number of carbonyl (C=O) groups is 1. The van der Waals surface area contributed by atoms with Crippen molar-refractivity contribution in [2.45, 2.75) is 26.2 Å². The first kappa shape index (κ1) is 26.3. The number of H-pyrrole nitrogens is 1. The van der Waals surface area contributed by atoms with Crippen molar-refractivity contribution in [3.05, 3.63) is 73.0 Å². The Balaban J connectivity index is 0.000000251. The van der Waals surface area contributed by atoms with Crippen LogP contribution in [0.4, 0.5) is 8.78 Å². The average molecular weight is 585 g/mol. The van der Waals surface area contributed by atoms with Gasteiger partial charge < -0.3 is 0 Å². The summed E-state index contributed by atoms with van der Waals surface area (Å²) in [5, 5.41) is 8.39. The molecule has 3 rings (SSSR count). The molecule has 0 aliphatic heterocycles. The quantitative estimate of drug-likeness (QED) is 0.306. The number of benzene rings is 2. The molecule has 30 heavy (non-hydrogen) atoms. The van der Waals surface area contributed by atoms with Gasteiger partial charge in [0.15, 0.2) is 0 Å². The molecule has 0 radical (unpaired) electrons. The Labute approximate surface area is 194 Å². The van der Waals surface area contributed by atoms with Gasteiger partial charge in [-0.3, -0.25) is 4.79 Å². The summed E-state index contributed by atoms with van der Waals surface area (Å²) in [6, 6.07) is 7.62. The van der Waals surface area contributed by atoms with Crippen LogP contribution in [0.5, 0.6) is 0 Å². The van der Waals surface area contributed by atoms with Crippen molar-refractivity contribution in [1.29, 1.82) is 0 Å². The van der Waals surface area contributed by atoms with E-state index in [9.17, 15) is 18.4 Å². The second kappa shape index (κ2) is 11.6. The number of tetrazole rings is 1. The molecule has 0 aliphatic rings. The lowest BCUT2D eigenvalue weighted by Gasteiger charge is -2.01. The van der Waals surface area contributed by atoms with Crippen LogP contribution >= 0.6 is 43.5 Å². The molecule has 0 aliphatic carbocycles. The fourth-order valence-electron chi connectivity index (χ4n) is 1.66. The summed E-state index contributed by atoms with van der Waals surface area (Å²) in [4.78, 5) is 21.7. The van der Waals surface area contributed by atoms with Crippen LogP contribution in [0.25, 0.3) is 5.69 Å². The zero-order valence-corrected chi connectivity index (χ0v) is 21.4. The molecule has 1 aromatic heterocycles. The van der Waals surface area contributed by atoms with Crippen molar-refractivity contribution < 1.29 is 13.6 Å². The van der Waals surface area contributed by atoms with Crippen LogP contribution in [-0.4, -0.2) is 33.5 Å². The molecule has 0 fully saturated rings. The first-order chi connectivity index (χ1) is 13.8. The molecule has 1 N–H and O–H groups in total. The normalized spacial score (nSPS) is 10.4. The van der Waals surface area contributed by atoms with Crippen molar-refractivity contribution in [1.82, 2.24) is 20.2 Å². The first-order valence-corrected chi connectivity index (χ1v) is 14.4. The van der Waals surface area contributed by atoms with Gasteiger partial charge in [0.25, 0.3) is 5.24 Å². The highest BCUT2D eigenvalue weighted by Crippen LogP contribution is 2.20. The molecular formula is C18H19Br2ClF2N4O2Si. The fraction of sp³-hybridized carbons (Fsp3) is 0.222. The summed E-state index contributed by atoms with van der Waals surface area (Å²) in [6.07, 6.45) is 0. The Bertz CT molecular complexity index is 1060. The van der Waals surface area contributed by atoms with Crippen LogP contribution in [0, 0.1) is 11.6 Å². The van der Waals surface area contributed by atoms with E-state index in [-0.39, 0.29) is 5.56 Å². The van der Waals surface area contributed by atoms with Crippen LogP contribution in [0.3, 0.4) is 0 Å². The molecule has 12 heteroatoms. The zero-order valence-electron chi connectivity index (χ0n) is 16.5. The molecule has 162 valence electrons. The topological polar surface area (TPSA) is 80.6 Å². The van der Waals surface area contributed by atoms with E-state index < -0.39 is 30.6 Å². The second-order valence-electron chi connectivity index (χ2n) is 7.41. The lowest BCUT2D eigenvalue weighted by Crippen LogP contribution is -2.16. The summed E-state index contributed by atoms with van der Waals surface area (Å²) in [5.41, 5.74) is 0.232. The highest BCUT2D eigenvalue weighted by atomic mass is 79.9. The highest BCUT2D eigenvalue weighted by Gasteiger charge is 2.08. The van der Waals surface area contributed by atoms with Crippen LogP contribution in [0.1, 0.15) is 10.4 Å². The molecule has 0 bridgehead atoms. The number of rotatable bonds is 2. The van der Waals surface area contributed by atoms with Crippen LogP contribution in [0.2, 0.25) is 26.2 Å². The summed E-state index contributed by atoms with van der Waals surface area (Å²) in [7, 11) is -0.611. The number of carbonyl (C=O) groups excluding carboxylic acids is 1. The summed E-state index contributed by atoms with van der Waals surface area (Å²) in [5.74, 6) is -0.796. The number of nitrogens with zero attached hydrogens (tertiary/aromatic N) is 3. The van der Waals surface area contributed by atoms with Crippen molar-refractivity contribution >= 4 is 56.8 Å². The fourth-order valence-corrected chi connectivity index (χ4v) is 2.99. The van der Waals surface area contributed by atoms with Gasteiger partial charge in [-0.1, -0.05) is 26.2 Å². The first-order valence-electron chi connectivity index (χ1n) is 8.40. The third-order valence-electron chi connectivity index (χ3n) is 2.75. The Kier molecular flexibility index (Phi) is 10.2. The Hall–Kier alpha value is -1.69. The standard InChI is InChI=1S/C7H3BrClFO.C7H4BrFN4O.C4H12Si/c8-6-3-4(10)1-2-5(6)7(9)11;8-5-3-4(9)1-2-6(5)13-7(14)10-11-12-13;1-5(2,3)4/h1-3H;1-3H,(H,10,12,14);1-4H3. The lowest BCUT2D eigenvalue weighted by atomic mass is 10.2. The minimum Gasteiger partial charge on any atom is -0.276 e. The Morgan fingerprint density at radius 1 is 1.03 bits per heavy atom. The predicted molar refractivity (Wildman–Crippen MR) is 123 cm³/mol. The lowest BCUT2D eigenvalue weighted by molar-refractivity contribution is 0.108. The van der Waals surface area contributed by atoms with Crippen molar-refractivity contribution in [2.75, 3.05) is 0 Å². The molecule has 2 aromatic carbocycles. The number of aromatic amines is 1. The zero-order chi connectivity index (χ0) is 23.1. The Morgan fingerprint density at radius 2 is 1.53 bits per heavy atom. The third kappa shape index (κ3) is 9.41. The summed E-state index contributed by atoms with van der Waals surface area (Å²) < 4.78 is 27.0. The molecule has 0 atom stereocenters. The van der Waals surface area contributed by atoms with Gasteiger partial charge in [0.1, 0.15) is 11.6 Å². The van der Waals surface area contributed by atoms with E-state index in [1.807, 2.05) is 0 Å². The van der Waals surface area contributed by atoms with E-state index in [0.717, 1.165) is 4.68 Å². The van der Waals surface area contributed by atoms with E-state index in [2.05, 4.69) is 73.6 Å². The van der Waals surface area contributed by atoms with Gasteiger partial charge in [0.2, 0.25) is 0 Å². The molecule has 1 heterocycles. The molecule has 0 saturated carbocycles. The highest BCUT2D eigenvalue weighted by molar-refractivity contribution is 9.10. The van der Waals surface area contributed by atoms with Gasteiger partial charge in [0.05, 0.1) is 5.69 Å². The van der Waals surface area contributed by atoms with E-state index in [4.69, 9.17) is 11.6 Å². The van der Waals surface area contributed by atoms with E-state index >= 15 is 0 Å². The number of hydrogen-bond acceptors (Lipinski definition) is 4. The van der Waals surface area contributed by atoms with Gasteiger partial charge >= 0.3 is 5.69 Å². The molecular weight excluding hydrogens is 566 g/mol. The maximum atomic E-state index is 12.7. The molecule has 6 nitrogen and oxygen atoms in total. The summed E-state index contributed by atoms with van der Waals surface area (Å²) in [6.45, 7) is 9.31. The molecule has 3 aromatic rings. The van der Waals surface area contributed by atoms with Gasteiger partial charge in [-0.15, -0.1) is 0 Å². The number of hydrogen-bond donors (Lipinski definition) is 1. The van der Waals surface area contributed by atoms with Crippen LogP contribution in [-0.2, 0) is 0 Å². The largest absolute Gasteiger partial charge is 0.365 e. The SMILES string of the molecule is C[Si](C)(C)C.O=C(Cl)c1ccc(F)cc1Br.O=c1[nH]nnn1-c1ccc(F)cc1Br. The minimum atomic E-state index is -0.611. The van der Waals surface area contributed by atoms with Gasteiger partial charge in [-0.25, -0.2) is 18.7 Å². The summed E-state index contributed by atoms with van der Waals surface area (Å²) >= 11 is 11.3. The van der Waals surface area contributed by atoms with E-state index in [1.165, 1.54) is 36.4 Å². The molecule has 0 amide bonds. The van der Waals surface area contributed by atoms with E-state index in [0.29, 0.717) is 14.6 Å². The maximum absolute atomic E-state index is 12.7. The van der Waals surface area contributed by atoms with Crippen molar-refractivity contribution in [2.24, 2.45) is 0 Å². The van der Waals surface area contributed by atoms with E-state index in [1.54, 1.807) is 0 Å². The second-order valence-corrected chi connectivity index (χ2v) is 15.5.